The Morgan fingerprint density at radius 2 is 1.82 bits per heavy atom. The third kappa shape index (κ3) is 5.19. The third-order valence-corrected chi connectivity index (χ3v) is 4.69. The van der Waals surface area contributed by atoms with Gasteiger partial charge in [0.25, 0.3) is 0 Å². The second kappa shape index (κ2) is 9.69. The fourth-order valence-corrected chi connectivity index (χ4v) is 3.14. The first-order valence-electron chi connectivity index (χ1n) is 9.43. The molecule has 0 fully saturated rings. The molecule has 0 aliphatic carbocycles. The van der Waals surface area contributed by atoms with E-state index in [0.717, 1.165) is 42.1 Å². The molecule has 3 rings (SSSR count). The molecule has 0 spiro atoms. The maximum atomic E-state index is 6.02. The van der Waals surface area contributed by atoms with Gasteiger partial charge in [0, 0.05) is 25.3 Å². The average Bonchev–Trinajstić information content (AvgIpc) is 3.27. The molecule has 0 saturated heterocycles. The van der Waals surface area contributed by atoms with E-state index in [1.807, 2.05) is 18.2 Å². The molecule has 1 heterocycles. The number of aliphatic imine (C=N–C) groups is 1. The van der Waals surface area contributed by atoms with E-state index in [1.54, 1.807) is 14.2 Å². The molecule has 0 bridgehead atoms. The molecule has 3 N–H and O–H groups in total. The highest BCUT2D eigenvalue weighted by molar-refractivity contribution is 5.77. The molecule has 6 nitrogen and oxygen atoms in total. The molecule has 0 unspecified atom stereocenters. The summed E-state index contributed by atoms with van der Waals surface area (Å²) < 4.78 is 10.6. The van der Waals surface area contributed by atoms with Crippen LogP contribution in [0.3, 0.4) is 0 Å². The van der Waals surface area contributed by atoms with Crippen LogP contribution in [0.2, 0.25) is 0 Å². The van der Waals surface area contributed by atoms with Crippen LogP contribution in [0, 0.1) is 0 Å². The molecule has 2 aromatic rings. The minimum Gasteiger partial charge on any atom is -0.493 e. The Morgan fingerprint density at radius 1 is 1.04 bits per heavy atom. The van der Waals surface area contributed by atoms with E-state index < -0.39 is 0 Å². The van der Waals surface area contributed by atoms with Crippen molar-refractivity contribution in [3.8, 4) is 11.5 Å². The van der Waals surface area contributed by atoms with Gasteiger partial charge in [-0.25, -0.2) is 4.99 Å². The SMILES string of the molecule is COc1ccc(CCNC(N)=NCc2cccc(N3CC=CC3)c2)cc1OC. The lowest BCUT2D eigenvalue weighted by atomic mass is 10.1. The maximum absolute atomic E-state index is 6.02. The summed E-state index contributed by atoms with van der Waals surface area (Å²) in [6.07, 6.45) is 5.18. The number of hydrogen-bond donors (Lipinski definition) is 2. The Bertz CT molecular complexity index is 840. The Hall–Kier alpha value is -3.15. The zero-order valence-electron chi connectivity index (χ0n) is 16.5. The van der Waals surface area contributed by atoms with Crippen LogP contribution in [0.25, 0.3) is 0 Å². The minimum absolute atomic E-state index is 0.453. The molecule has 0 saturated carbocycles. The van der Waals surface area contributed by atoms with E-state index >= 15 is 0 Å². The van der Waals surface area contributed by atoms with Crippen molar-refractivity contribution in [2.75, 3.05) is 38.8 Å². The van der Waals surface area contributed by atoms with Crippen LogP contribution in [0.5, 0.6) is 11.5 Å². The van der Waals surface area contributed by atoms with Crippen molar-refractivity contribution in [2.24, 2.45) is 10.7 Å². The fourth-order valence-electron chi connectivity index (χ4n) is 3.14. The molecule has 0 radical (unpaired) electrons. The quantitative estimate of drug-likeness (QED) is 0.419. The first-order valence-corrected chi connectivity index (χ1v) is 9.43. The number of hydrogen-bond acceptors (Lipinski definition) is 4. The van der Waals surface area contributed by atoms with Gasteiger partial charge in [0.05, 0.1) is 20.8 Å². The highest BCUT2D eigenvalue weighted by Crippen LogP contribution is 2.27. The van der Waals surface area contributed by atoms with Crippen molar-refractivity contribution in [1.29, 1.82) is 0 Å². The first kappa shape index (κ1) is 19.6. The zero-order valence-corrected chi connectivity index (χ0v) is 16.5. The normalized spacial score (nSPS) is 13.6. The zero-order chi connectivity index (χ0) is 19.8. The summed E-state index contributed by atoms with van der Waals surface area (Å²) >= 11 is 0. The second-order valence-electron chi connectivity index (χ2n) is 6.61. The van der Waals surface area contributed by atoms with Gasteiger partial charge in [0.1, 0.15) is 0 Å². The summed E-state index contributed by atoms with van der Waals surface area (Å²) in [4.78, 5) is 6.78. The maximum Gasteiger partial charge on any atom is 0.188 e. The molecule has 0 atom stereocenters. The van der Waals surface area contributed by atoms with Crippen LogP contribution in [-0.4, -0.2) is 39.8 Å². The molecular weight excluding hydrogens is 352 g/mol. The monoisotopic (exact) mass is 380 g/mol. The molecule has 6 heteroatoms. The molecule has 0 aromatic heterocycles. The highest BCUT2D eigenvalue weighted by Gasteiger charge is 2.08. The van der Waals surface area contributed by atoms with Crippen molar-refractivity contribution in [1.82, 2.24) is 5.32 Å². The largest absolute Gasteiger partial charge is 0.493 e. The molecule has 148 valence electrons. The third-order valence-electron chi connectivity index (χ3n) is 4.69. The number of guanidine groups is 1. The number of nitrogens with two attached hydrogens (primary N) is 1. The average molecular weight is 380 g/mol. The lowest BCUT2D eigenvalue weighted by Gasteiger charge is -2.18. The lowest BCUT2D eigenvalue weighted by Crippen LogP contribution is -2.33. The number of nitrogens with zero attached hydrogens (tertiary/aromatic N) is 2. The van der Waals surface area contributed by atoms with Crippen molar-refractivity contribution >= 4 is 11.6 Å². The molecular formula is C22H28N4O2. The van der Waals surface area contributed by atoms with Gasteiger partial charge in [-0.1, -0.05) is 30.4 Å². The van der Waals surface area contributed by atoms with Gasteiger partial charge in [-0.3, -0.25) is 0 Å². The molecule has 2 aromatic carbocycles. The van der Waals surface area contributed by atoms with Crippen LogP contribution < -0.4 is 25.4 Å². The molecule has 1 aliphatic heterocycles. The van der Waals surface area contributed by atoms with Crippen LogP contribution in [-0.2, 0) is 13.0 Å². The number of nitrogens with one attached hydrogen (secondary N) is 1. The number of benzene rings is 2. The Kier molecular flexibility index (Phi) is 6.78. The fraction of sp³-hybridized carbons (Fsp3) is 0.318. The summed E-state index contributed by atoms with van der Waals surface area (Å²) in [6.45, 7) is 3.19. The summed E-state index contributed by atoms with van der Waals surface area (Å²) in [5.74, 6) is 1.91. The predicted molar refractivity (Wildman–Crippen MR) is 114 cm³/mol. The Labute approximate surface area is 166 Å². The smallest absolute Gasteiger partial charge is 0.188 e. The summed E-state index contributed by atoms with van der Waals surface area (Å²) in [5.41, 5.74) is 9.53. The summed E-state index contributed by atoms with van der Waals surface area (Å²) in [6, 6.07) is 14.4. The van der Waals surface area contributed by atoms with E-state index in [-0.39, 0.29) is 0 Å². The van der Waals surface area contributed by atoms with Crippen LogP contribution in [0.15, 0.2) is 59.6 Å². The van der Waals surface area contributed by atoms with Crippen LogP contribution in [0.1, 0.15) is 11.1 Å². The van der Waals surface area contributed by atoms with Gasteiger partial charge in [-0.15, -0.1) is 0 Å². The van der Waals surface area contributed by atoms with Crippen molar-refractivity contribution in [2.45, 2.75) is 13.0 Å². The Morgan fingerprint density at radius 3 is 2.57 bits per heavy atom. The van der Waals surface area contributed by atoms with E-state index in [0.29, 0.717) is 19.0 Å². The first-order chi connectivity index (χ1) is 13.7. The number of rotatable bonds is 8. The van der Waals surface area contributed by atoms with Gasteiger partial charge in [0.15, 0.2) is 17.5 Å². The lowest BCUT2D eigenvalue weighted by molar-refractivity contribution is 0.354. The summed E-state index contributed by atoms with van der Waals surface area (Å²) in [7, 11) is 3.27. The highest BCUT2D eigenvalue weighted by atomic mass is 16.5. The number of methoxy groups -OCH3 is 2. The van der Waals surface area contributed by atoms with Crippen molar-refractivity contribution in [3.05, 3.63) is 65.7 Å². The standard InChI is InChI=1S/C22H28N4O2/c1-27-20-9-8-17(15-21(20)28-2)10-11-24-22(23)25-16-18-6-5-7-19(14-18)26-12-3-4-13-26/h3-9,14-15H,10-13,16H2,1-2H3,(H3,23,24,25). The van der Waals surface area contributed by atoms with E-state index in [4.69, 9.17) is 15.2 Å². The molecule has 28 heavy (non-hydrogen) atoms. The summed E-state index contributed by atoms with van der Waals surface area (Å²) in [5, 5.41) is 3.17. The molecule has 0 amide bonds. The second-order valence-corrected chi connectivity index (χ2v) is 6.61. The van der Waals surface area contributed by atoms with E-state index in [9.17, 15) is 0 Å². The van der Waals surface area contributed by atoms with Gasteiger partial charge < -0.3 is 25.4 Å². The van der Waals surface area contributed by atoms with Gasteiger partial charge in [-0.05, 0) is 41.8 Å². The van der Waals surface area contributed by atoms with Gasteiger partial charge >= 0.3 is 0 Å². The van der Waals surface area contributed by atoms with E-state index in [1.165, 1.54) is 5.69 Å². The van der Waals surface area contributed by atoms with Gasteiger partial charge in [-0.2, -0.15) is 0 Å². The van der Waals surface area contributed by atoms with Gasteiger partial charge in [0.2, 0.25) is 0 Å². The molecule has 1 aliphatic rings. The van der Waals surface area contributed by atoms with Crippen molar-refractivity contribution < 1.29 is 9.47 Å². The Balaban J connectivity index is 1.49. The van der Waals surface area contributed by atoms with Crippen LogP contribution in [0.4, 0.5) is 5.69 Å². The predicted octanol–water partition coefficient (Wildman–Crippen LogP) is 2.73. The number of ether oxygens (including phenoxy) is 2. The van der Waals surface area contributed by atoms with E-state index in [2.05, 4.69) is 51.6 Å². The number of anilines is 1. The minimum atomic E-state index is 0.453. The topological polar surface area (TPSA) is 72.1 Å². The van der Waals surface area contributed by atoms with Crippen LogP contribution >= 0.6 is 0 Å². The van der Waals surface area contributed by atoms with Crippen molar-refractivity contribution in [3.63, 3.8) is 0 Å².